The predicted octanol–water partition coefficient (Wildman–Crippen LogP) is 6.29. The van der Waals surface area contributed by atoms with Crippen molar-refractivity contribution < 1.29 is 27.2 Å². The molecule has 0 aromatic heterocycles. The predicted molar refractivity (Wildman–Crippen MR) is 150 cm³/mol. The van der Waals surface area contributed by atoms with E-state index in [4.69, 9.17) is 8.92 Å². The second-order valence-corrected chi connectivity index (χ2v) is 15.4. The number of aliphatic hydroxyl groups is 1. The molecule has 4 aliphatic rings. The summed E-state index contributed by atoms with van der Waals surface area (Å²) in [6, 6.07) is 6.89. The van der Waals surface area contributed by atoms with Gasteiger partial charge < -0.3 is 9.84 Å². The molecule has 0 saturated heterocycles. The van der Waals surface area contributed by atoms with Crippen molar-refractivity contribution in [2.24, 2.45) is 46.3 Å². The SMILES string of the molecule is COC(=O)CC[C@H](C)[C@H]1CC[C@H]2[C@@H]3CC[C@@H]4C[C@H](OS(=O)(=O)c5ccc(C)cc5)CC[C@]4(C)[C@H]3C[C@H](O)[C@]12C. The number of benzene rings is 1. The fourth-order valence-electron chi connectivity index (χ4n) is 9.82. The number of aliphatic hydroxyl groups excluding tert-OH is 1. The van der Waals surface area contributed by atoms with Crippen LogP contribution >= 0.6 is 0 Å². The number of methoxy groups -OCH3 is 1. The van der Waals surface area contributed by atoms with Crippen molar-refractivity contribution in [2.75, 3.05) is 7.11 Å². The third-order valence-electron chi connectivity index (χ3n) is 12.1. The van der Waals surface area contributed by atoms with Crippen molar-refractivity contribution in [3.05, 3.63) is 29.8 Å². The molecule has 4 saturated carbocycles. The van der Waals surface area contributed by atoms with Gasteiger partial charge in [-0.15, -0.1) is 0 Å². The van der Waals surface area contributed by atoms with E-state index in [1.54, 1.807) is 12.1 Å². The molecule has 7 heteroatoms. The van der Waals surface area contributed by atoms with Crippen LogP contribution in [-0.2, 0) is 23.8 Å². The zero-order valence-corrected chi connectivity index (χ0v) is 25.2. The van der Waals surface area contributed by atoms with Gasteiger partial charge in [0.25, 0.3) is 10.1 Å². The maximum Gasteiger partial charge on any atom is 0.305 e. The fraction of sp³-hybridized carbons (Fsp3) is 0.781. The minimum Gasteiger partial charge on any atom is -0.469 e. The zero-order valence-electron chi connectivity index (χ0n) is 24.4. The van der Waals surface area contributed by atoms with E-state index in [-0.39, 0.29) is 33.9 Å². The molecule has 1 N–H and O–H groups in total. The summed E-state index contributed by atoms with van der Waals surface area (Å²) in [5, 5.41) is 11.8. The Morgan fingerprint density at radius 2 is 1.77 bits per heavy atom. The standard InChI is InChI=1S/C32H48O6S/c1-20-6-10-24(11-7-20)39(35,36)38-23-16-17-31(3)22(18-23)9-12-25-27-14-13-26(21(2)8-15-30(34)37-5)32(27,4)29(33)19-28(25)31/h6-7,10-11,21-23,25-29,33H,8-9,12-19H2,1-5H3/t21-,22+,23+,25-,26+,27-,28-,29-,31-,32+/m0/s1. The van der Waals surface area contributed by atoms with E-state index in [0.29, 0.717) is 41.9 Å². The average molecular weight is 561 g/mol. The molecule has 4 fully saturated rings. The molecule has 0 unspecified atom stereocenters. The molecule has 0 aliphatic heterocycles. The first-order valence-corrected chi connectivity index (χ1v) is 16.6. The molecular weight excluding hydrogens is 512 g/mol. The van der Waals surface area contributed by atoms with Gasteiger partial charge in [0.1, 0.15) is 0 Å². The summed E-state index contributed by atoms with van der Waals surface area (Å²) < 4.78 is 36.7. The quantitative estimate of drug-likeness (QED) is 0.311. The van der Waals surface area contributed by atoms with Gasteiger partial charge in [0.2, 0.25) is 0 Å². The van der Waals surface area contributed by atoms with Crippen LogP contribution in [0.15, 0.2) is 29.2 Å². The molecule has 0 heterocycles. The summed E-state index contributed by atoms with van der Waals surface area (Å²) >= 11 is 0. The highest BCUT2D eigenvalue weighted by Crippen LogP contribution is 2.68. The number of hydrogen-bond donors (Lipinski definition) is 1. The molecular formula is C32H48O6S. The molecule has 0 radical (unpaired) electrons. The number of esters is 1. The molecule has 1 aromatic carbocycles. The van der Waals surface area contributed by atoms with Gasteiger partial charge in [-0.2, -0.15) is 8.42 Å². The average Bonchev–Trinajstić information content (AvgIpc) is 3.26. The van der Waals surface area contributed by atoms with Crippen molar-refractivity contribution in [2.45, 2.75) is 109 Å². The lowest BCUT2D eigenvalue weighted by Crippen LogP contribution is -2.59. The maximum atomic E-state index is 13.0. The molecule has 0 bridgehead atoms. The lowest BCUT2D eigenvalue weighted by atomic mass is 9.43. The third kappa shape index (κ3) is 5.10. The first kappa shape index (κ1) is 29.1. The van der Waals surface area contributed by atoms with Gasteiger partial charge in [0.05, 0.1) is 24.2 Å². The van der Waals surface area contributed by atoms with E-state index < -0.39 is 10.1 Å². The Balaban J connectivity index is 1.28. The van der Waals surface area contributed by atoms with E-state index in [0.717, 1.165) is 63.4 Å². The van der Waals surface area contributed by atoms with Gasteiger partial charge in [-0.3, -0.25) is 8.98 Å². The van der Waals surface area contributed by atoms with Crippen LogP contribution in [0.5, 0.6) is 0 Å². The molecule has 0 amide bonds. The van der Waals surface area contributed by atoms with E-state index in [9.17, 15) is 18.3 Å². The van der Waals surface area contributed by atoms with Gasteiger partial charge in [0, 0.05) is 6.42 Å². The Labute approximate surface area is 235 Å². The zero-order chi connectivity index (χ0) is 28.2. The highest BCUT2D eigenvalue weighted by atomic mass is 32.2. The van der Waals surface area contributed by atoms with Crippen LogP contribution in [0.3, 0.4) is 0 Å². The highest BCUT2D eigenvalue weighted by Gasteiger charge is 2.63. The summed E-state index contributed by atoms with van der Waals surface area (Å²) in [6.07, 6.45) is 8.46. The topological polar surface area (TPSA) is 89.9 Å². The van der Waals surface area contributed by atoms with Gasteiger partial charge >= 0.3 is 5.97 Å². The van der Waals surface area contributed by atoms with E-state index in [1.807, 2.05) is 19.1 Å². The normalized spacial score (nSPS) is 40.7. The number of aryl methyl sites for hydroxylation is 1. The summed E-state index contributed by atoms with van der Waals surface area (Å²) in [7, 11) is -2.33. The van der Waals surface area contributed by atoms with Crippen LogP contribution in [0.1, 0.15) is 90.5 Å². The summed E-state index contributed by atoms with van der Waals surface area (Å²) in [4.78, 5) is 12.0. The Morgan fingerprint density at radius 1 is 1.05 bits per heavy atom. The Bertz CT molecular complexity index is 1150. The molecule has 5 rings (SSSR count). The first-order valence-electron chi connectivity index (χ1n) is 15.1. The van der Waals surface area contributed by atoms with Crippen LogP contribution in [0.2, 0.25) is 0 Å². The van der Waals surface area contributed by atoms with E-state index >= 15 is 0 Å². The first-order chi connectivity index (χ1) is 18.4. The van der Waals surface area contributed by atoms with Crippen molar-refractivity contribution in [1.29, 1.82) is 0 Å². The summed E-state index contributed by atoms with van der Waals surface area (Å²) in [5.74, 6) is 2.63. The third-order valence-corrected chi connectivity index (χ3v) is 13.5. The molecule has 39 heavy (non-hydrogen) atoms. The largest absolute Gasteiger partial charge is 0.469 e. The van der Waals surface area contributed by atoms with Crippen LogP contribution in [-0.4, -0.2) is 38.8 Å². The van der Waals surface area contributed by atoms with Gasteiger partial charge in [-0.05, 0) is 123 Å². The molecule has 218 valence electrons. The number of hydrogen-bond acceptors (Lipinski definition) is 6. The van der Waals surface area contributed by atoms with Crippen molar-refractivity contribution >= 4 is 16.1 Å². The minimum atomic E-state index is -3.78. The summed E-state index contributed by atoms with van der Waals surface area (Å²) in [6.45, 7) is 8.95. The number of carbonyl (C=O) groups is 1. The molecule has 4 aliphatic carbocycles. The van der Waals surface area contributed by atoms with Gasteiger partial charge in [0.15, 0.2) is 0 Å². The number of ether oxygens (including phenoxy) is 1. The Kier molecular flexibility index (Phi) is 8.02. The Hall–Kier alpha value is -1.44. The lowest BCUT2D eigenvalue weighted by Gasteiger charge is -2.62. The maximum absolute atomic E-state index is 13.0. The van der Waals surface area contributed by atoms with Crippen molar-refractivity contribution in [1.82, 2.24) is 0 Å². The smallest absolute Gasteiger partial charge is 0.305 e. The van der Waals surface area contributed by atoms with Crippen LogP contribution in [0.4, 0.5) is 0 Å². The minimum absolute atomic E-state index is 0.104. The Morgan fingerprint density at radius 3 is 2.46 bits per heavy atom. The van der Waals surface area contributed by atoms with Gasteiger partial charge in [-0.25, -0.2) is 0 Å². The number of rotatable bonds is 7. The lowest BCUT2D eigenvalue weighted by molar-refractivity contribution is -0.173. The second-order valence-electron chi connectivity index (χ2n) is 13.8. The molecule has 6 nitrogen and oxygen atoms in total. The highest BCUT2D eigenvalue weighted by molar-refractivity contribution is 7.86. The van der Waals surface area contributed by atoms with Crippen LogP contribution in [0.25, 0.3) is 0 Å². The molecule has 1 aromatic rings. The molecule has 10 atom stereocenters. The van der Waals surface area contributed by atoms with Crippen LogP contribution < -0.4 is 0 Å². The number of carbonyl (C=O) groups excluding carboxylic acids is 1. The van der Waals surface area contributed by atoms with E-state index in [2.05, 4.69) is 20.8 Å². The summed E-state index contributed by atoms with van der Waals surface area (Å²) in [5.41, 5.74) is 1.02. The second kappa shape index (κ2) is 10.8. The van der Waals surface area contributed by atoms with E-state index in [1.165, 1.54) is 7.11 Å². The molecule has 0 spiro atoms. The van der Waals surface area contributed by atoms with Crippen molar-refractivity contribution in [3.8, 4) is 0 Å². The number of fused-ring (bicyclic) bond motifs is 5. The van der Waals surface area contributed by atoms with Crippen molar-refractivity contribution in [3.63, 3.8) is 0 Å². The van der Waals surface area contributed by atoms with Gasteiger partial charge in [-0.1, -0.05) is 38.5 Å². The fourth-order valence-corrected chi connectivity index (χ4v) is 10.9. The van der Waals surface area contributed by atoms with Crippen LogP contribution in [0, 0.1) is 53.3 Å². The monoisotopic (exact) mass is 560 g/mol.